The molecular weight excluding hydrogens is 201 g/mol. The van der Waals surface area contributed by atoms with Crippen LogP contribution in [0.3, 0.4) is 0 Å². The minimum atomic E-state index is -0.0969. The Labute approximate surface area is 97.1 Å². The molecule has 16 heavy (non-hydrogen) atoms. The molecule has 1 aliphatic rings. The third-order valence-electron chi connectivity index (χ3n) is 3.60. The van der Waals surface area contributed by atoms with E-state index in [4.69, 9.17) is 0 Å². The summed E-state index contributed by atoms with van der Waals surface area (Å²) in [4.78, 5) is 0. The summed E-state index contributed by atoms with van der Waals surface area (Å²) in [5.41, 5.74) is 1.19. The molecule has 1 fully saturated rings. The van der Waals surface area contributed by atoms with E-state index in [1.54, 1.807) is 6.07 Å². The van der Waals surface area contributed by atoms with Crippen LogP contribution in [-0.4, -0.2) is 6.04 Å². The molecule has 1 saturated carbocycles. The van der Waals surface area contributed by atoms with Crippen LogP contribution in [0.4, 0.5) is 4.39 Å². The van der Waals surface area contributed by atoms with Gasteiger partial charge in [-0.2, -0.15) is 0 Å². The summed E-state index contributed by atoms with van der Waals surface area (Å²) in [6.45, 7) is 6.59. The normalized spacial score (nSPS) is 24.1. The number of halogens is 1. The van der Waals surface area contributed by atoms with Gasteiger partial charge in [-0.1, -0.05) is 39.0 Å². The van der Waals surface area contributed by atoms with E-state index in [1.807, 2.05) is 12.1 Å². The molecule has 1 nitrogen and oxygen atoms in total. The van der Waals surface area contributed by atoms with Crippen LogP contribution in [0.25, 0.3) is 0 Å². The number of benzene rings is 1. The van der Waals surface area contributed by atoms with E-state index in [2.05, 4.69) is 26.1 Å². The maximum Gasteiger partial charge on any atom is 0.127 e. The molecule has 0 bridgehead atoms. The van der Waals surface area contributed by atoms with Gasteiger partial charge in [0.1, 0.15) is 5.82 Å². The Morgan fingerprint density at radius 1 is 1.44 bits per heavy atom. The lowest BCUT2D eigenvalue weighted by atomic mass is 10.0. The molecule has 2 heteroatoms. The molecule has 0 amide bonds. The minimum Gasteiger partial charge on any atom is -0.307 e. The molecule has 1 N–H and O–H groups in total. The van der Waals surface area contributed by atoms with Crippen molar-refractivity contribution < 1.29 is 4.39 Å². The van der Waals surface area contributed by atoms with E-state index >= 15 is 0 Å². The van der Waals surface area contributed by atoms with Gasteiger partial charge in [0.15, 0.2) is 0 Å². The summed E-state index contributed by atoms with van der Waals surface area (Å²) in [5.74, 6) is -0.0969. The van der Waals surface area contributed by atoms with Gasteiger partial charge in [0.25, 0.3) is 0 Å². The van der Waals surface area contributed by atoms with Crippen LogP contribution in [0.1, 0.15) is 45.2 Å². The molecular formula is C14H20FN. The van der Waals surface area contributed by atoms with Gasteiger partial charge in [0.05, 0.1) is 0 Å². The first kappa shape index (κ1) is 11.6. The van der Waals surface area contributed by atoms with Crippen LogP contribution < -0.4 is 5.32 Å². The zero-order valence-electron chi connectivity index (χ0n) is 10.3. The summed E-state index contributed by atoms with van der Waals surface area (Å²) in [6, 6.07) is 7.75. The van der Waals surface area contributed by atoms with Crippen molar-refractivity contribution in [3.63, 3.8) is 0 Å². The lowest BCUT2D eigenvalue weighted by Gasteiger charge is -2.19. The number of rotatable bonds is 4. The average Bonchev–Trinajstić information content (AvgIpc) is 2.84. The predicted octanol–water partition coefficient (Wildman–Crippen LogP) is 3.66. The van der Waals surface area contributed by atoms with E-state index in [9.17, 15) is 4.39 Å². The fourth-order valence-corrected chi connectivity index (χ4v) is 2.18. The van der Waals surface area contributed by atoms with E-state index in [0.29, 0.717) is 11.5 Å². The average molecular weight is 221 g/mol. The van der Waals surface area contributed by atoms with Crippen molar-refractivity contribution in [3.8, 4) is 0 Å². The highest BCUT2D eigenvalue weighted by molar-refractivity contribution is 5.22. The topological polar surface area (TPSA) is 12.0 Å². The molecule has 1 aromatic rings. The first-order valence-electron chi connectivity index (χ1n) is 6.05. The molecule has 0 radical (unpaired) electrons. The molecule has 88 valence electrons. The van der Waals surface area contributed by atoms with Crippen LogP contribution in [-0.2, 0) is 0 Å². The zero-order valence-corrected chi connectivity index (χ0v) is 10.3. The molecule has 0 saturated heterocycles. The Kier molecular flexibility index (Phi) is 3.02. The molecule has 1 aliphatic carbocycles. The lowest BCUT2D eigenvalue weighted by molar-refractivity contribution is 0.446. The van der Waals surface area contributed by atoms with Crippen molar-refractivity contribution in [1.29, 1.82) is 0 Å². The fraction of sp³-hybridized carbons (Fsp3) is 0.571. The quantitative estimate of drug-likeness (QED) is 0.818. The van der Waals surface area contributed by atoms with Gasteiger partial charge >= 0.3 is 0 Å². The molecule has 0 aliphatic heterocycles. The first-order valence-corrected chi connectivity index (χ1v) is 6.05. The summed E-state index contributed by atoms with van der Waals surface area (Å²) in [5, 5.41) is 3.55. The van der Waals surface area contributed by atoms with Crippen LogP contribution in [0.15, 0.2) is 24.3 Å². The fourth-order valence-electron chi connectivity index (χ4n) is 2.18. The van der Waals surface area contributed by atoms with Gasteiger partial charge in [-0.15, -0.1) is 0 Å². The van der Waals surface area contributed by atoms with Gasteiger partial charge in [-0.05, 0) is 24.3 Å². The van der Waals surface area contributed by atoms with Crippen molar-refractivity contribution in [1.82, 2.24) is 5.32 Å². The first-order chi connectivity index (χ1) is 7.54. The van der Waals surface area contributed by atoms with Crippen molar-refractivity contribution in [2.24, 2.45) is 5.41 Å². The van der Waals surface area contributed by atoms with E-state index in [0.717, 1.165) is 12.0 Å². The summed E-state index contributed by atoms with van der Waals surface area (Å²) in [7, 11) is 0. The van der Waals surface area contributed by atoms with Crippen LogP contribution in [0, 0.1) is 11.2 Å². The van der Waals surface area contributed by atoms with Crippen LogP contribution in [0.2, 0.25) is 0 Å². The maximum absolute atomic E-state index is 13.7. The Bertz CT molecular complexity index is 373. The Morgan fingerprint density at radius 3 is 2.56 bits per heavy atom. The molecule has 0 spiro atoms. The van der Waals surface area contributed by atoms with Crippen molar-refractivity contribution in [3.05, 3.63) is 35.6 Å². The highest BCUT2D eigenvalue weighted by atomic mass is 19.1. The molecule has 2 atom stereocenters. The van der Waals surface area contributed by atoms with Crippen molar-refractivity contribution in [2.75, 3.05) is 0 Å². The summed E-state index contributed by atoms with van der Waals surface area (Å²) >= 11 is 0. The van der Waals surface area contributed by atoms with Crippen LogP contribution in [0.5, 0.6) is 0 Å². The Morgan fingerprint density at radius 2 is 2.06 bits per heavy atom. The smallest absolute Gasteiger partial charge is 0.127 e. The highest BCUT2D eigenvalue weighted by Crippen LogP contribution is 2.46. The Balaban J connectivity index is 2.09. The molecule has 0 aromatic heterocycles. The molecule has 2 unspecified atom stereocenters. The Hall–Kier alpha value is -0.890. The second kappa shape index (κ2) is 4.17. The number of hydrogen-bond donors (Lipinski definition) is 1. The highest BCUT2D eigenvalue weighted by Gasteiger charge is 2.46. The molecule has 0 heterocycles. The zero-order chi connectivity index (χ0) is 11.8. The standard InChI is InChI=1S/C14H20FN/c1-4-12(16-13-9-14(13,2)3)10-7-5-6-8-11(10)15/h5-8,12-13,16H,4,9H2,1-3H3. The van der Waals surface area contributed by atoms with Gasteiger partial charge < -0.3 is 5.32 Å². The third kappa shape index (κ3) is 2.27. The van der Waals surface area contributed by atoms with E-state index in [-0.39, 0.29) is 11.9 Å². The SMILES string of the molecule is CCC(NC1CC1(C)C)c1ccccc1F. The van der Waals surface area contributed by atoms with Gasteiger partial charge in [-0.25, -0.2) is 4.39 Å². The lowest BCUT2D eigenvalue weighted by Crippen LogP contribution is -2.26. The summed E-state index contributed by atoms with van der Waals surface area (Å²) in [6.07, 6.45) is 2.12. The largest absolute Gasteiger partial charge is 0.307 e. The minimum absolute atomic E-state index is 0.0969. The summed E-state index contributed by atoms with van der Waals surface area (Å²) < 4.78 is 13.7. The van der Waals surface area contributed by atoms with E-state index in [1.165, 1.54) is 12.5 Å². The van der Waals surface area contributed by atoms with Gasteiger partial charge in [-0.3, -0.25) is 0 Å². The monoisotopic (exact) mass is 221 g/mol. The third-order valence-corrected chi connectivity index (χ3v) is 3.60. The number of hydrogen-bond acceptors (Lipinski definition) is 1. The van der Waals surface area contributed by atoms with Crippen molar-refractivity contribution in [2.45, 2.75) is 45.7 Å². The second-order valence-corrected chi connectivity index (χ2v) is 5.39. The molecule has 2 rings (SSSR count). The second-order valence-electron chi connectivity index (χ2n) is 5.39. The maximum atomic E-state index is 13.7. The van der Waals surface area contributed by atoms with Gasteiger partial charge in [0.2, 0.25) is 0 Å². The van der Waals surface area contributed by atoms with E-state index < -0.39 is 0 Å². The molecule has 1 aromatic carbocycles. The van der Waals surface area contributed by atoms with Gasteiger partial charge in [0, 0.05) is 17.6 Å². The predicted molar refractivity (Wildman–Crippen MR) is 64.8 cm³/mol. The van der Waals surface area contributed by atoms with Crippen LogP contribution >= 0.6 is 0 Å². The van der Waals surface area contributed by atoms with Crippen molar-refractivity contribution >= 4 is 0 Å². The number of nitrogens with one attached hydrogen (secondary N) is 1.